The predicted molar refractivity (Wildman–Crippen MR) is 80.4 cm³/mol. The van der Waals surface area contributed by atoms with Crippen LogP contribution in [0.1, 0.15) is 11.3 Å². The van der Waals surface area contributed by atoms with Crippen LogP contribution < -0.4 is 9.46 Å². The number of aryl methyl sites for hydroxylation is 2. The predicted octanol–water partition coefficient (Wildman–Crippen LogP) is 3.22. The van der Waals surface area contributed by atoms with Gasteiger partial charge >= 0.3 is 0 Å². The number of thiazole rings is 1. The maximum atomic E-state index is 12.4. The van der Waals surface area contributed by atoms with E-state index in [9.17, 15) is 8.42 Å². The number of rotatable bonds is 4. The van der Waals surface area contributed by atoms with Gasteiger partial charge in [0.1, 0.15) is 10.6 Å². The lowest BCUT2D eigenvalue weighted by atomic mass is 10.2. The van der Waals surface area contributed by atoms with Crippen LogP contribution in [0.15, 0.2) is 22.4 Å². The number of sulfonamides is 1. The summed E-state index contributed by atoms with van der Waals surface area (Å²) < 4.78 is 32.3. The molecule has 0 bridgehead atoms. The minimum absolute atomic E-state index is 0.0107. The summed E-state index contributed by atoms with van der Waals surface area (Å²) in [5, 5.41) is 2.43. The van der Waals surface area contributed by atoms with Crippen LogP contribution >= 0.6 is 22.9 Å². The van der Waals surface area contributed by atoms with Crippen LogP contribution in [0.2, 0.25) is 5.02 Å². The van der Waals surface area contributed by atoms with Crippen molar-refractivity contribution in [2.24, 2.45) is 0 Å². The van der Waals surface area contributed by atoms with Crippen molar-refractivity contribution in [2.45, 2.75) is 18.7 Å². The van der Waals surface area contributed by atoms with E-state index in [1.165, 1.54) is 24.5 Å². The number of ether oxygens (including phenoxy) is 1. The van der Waals surface area contributed by atoms with Gasteiger partial charge in [-0.3, -0.25) is 4.72 Å². The maximum absolute atomic E-state index is 12.4. The van der Waals surface area contributed by atoms with Crippen LogP contribution in [0.3, 0.4) is 0 Å². The molecule has 1 heterocycles. The fourth-order valence-electron chi connectivity index (χ4n) is 1.58. The first kappa shape index (κ1) is 15.1. The summed E-state index contributed by atoms with van der Waals surface area (Å²) in [6, 6.07) is 2.96. The Kier molecular flexibility index (Phi) is 4.22. The summed E-state index contributed by atoms with van der Waals surface area (Å²) in [6.07, 6.45) is 0. The number of anilines is 1. The Morgan fingerprint density at radius 1 is 1.35 bits per heavy atom. The highest BCUT2D eigenvalue weighted by Crippen LogP contribution is 2.31. The van der Waals surface area contributed by atoms with Crippen LogP contribution in [0.4, 0.5) is 5.13 Å². The zero-order chi connectivity index (χ0) is 14.9. The third-order valence-corrected chi connectivity index (χ3v) is 5.35. The van der Waals surface area contributed by atoms with Crippen molar-refractivity contribution in [2.75, 3.05) is 11.8 Å². The molecule has 1 N–H and O–H groups in total. The summed E-state index contributed by atoms with van der Waals surface area (Å²) in [4.78, 5) is 4.06. The summed E-state index contributed by atoms with van der Waals surface area (Å²) in [7, 11) is -2.38. The number of hydrogen-bond acceptors (Lipinski definition) is 5. The summed E-state index contributed by atoms with van der Waals surface area (Å²) in [5.41, 5.74) is 1.49. The molecule has 0 aliphatic carbocycles. The molecule has 0 saturated carbocycles. The molecule has 0 atom stereocenters. The SMILES string of the molecule is COc1cc(C)c(Cl)cc1S(=O)(=O)Nc1nc(C)cs1. The van der Waals surface area contributed by atoms with Crippen molar-refractivity contribution in [3.63, 3.8) is 0 Å². The zero-order valence-corrected chi connectivity index (χ0v) is 13.5. The highest BCUT2D eigenvalue weighted by molar-refractivity contribution is 7.93. The van der Waals surface area contributed by atoms with Gasteiger partial charge in [-0.15, -0.1) is 11.3 Å². The van der Waals surface area contributed by atoms with Crippen molar-refractivity contribution in [1.29, 1.82) is 0 Å². The van der Waals surface area contributed by atoms with Gasteiger partial charge < -0.3 is 4.74 Å². The fraction of sp³-hybridized carbons (Fsp3) is 0.250. The van der Waals surface area contributed by atoms with Crippen LogP contribution in [0.5, 0.6) is 5.75 Å². The Hall–Kier alpha value is -1.31. The quantitative estimate of drug-likeness (QED) is 0.933. The van der Waals surface area contributed by atoms with Crippen LogP contribution in [0.25, 0.3) is 0 Å². The first-order chi connectivity index (χ1) is 9.33. The van der Waals surface area contributed by atoms with E-state index in [0.717, 1.165) is 11.3 Å². The molecule has 0 radical (unpaired) electrons. The standard InChI is InChI=1S/C12H13ClN2O3S2/c1-7-4-10(18-3)11(5-9(7)13)20(16,17)15-12-14-8(2)6-19-12/h4-6H,1-3H3,(H,14,15). The monoisotopic (exact) mass is 332 g/mol. The lowest BCUT2D eigenvalue weighted by Crippen LogP contribution is -2.14. The molecular formula is C12H13ClN2O3S2. The number of benzene rings is 1. The molecule has 2 rings (SSSR count). The Bertz CT molecular complexity index is 741. The van der Waals surface area contributed by atoms with Gasteiger partial charge in [0, 0.05) is 10.4 Å². The normalized spacial score (nSPS) is 11.4. The van der Waals surface area contributed by atoms with Crippen molar-refractivity contribution >= 4 is 38.1 Å². The molecule has 5 nitrogen and oxygen atoms in total. The number of nitrogens with one attached hydrogen (secondary N) is 1. The van der Waals surface area contributed by atoms with Gasteiger partial charge in [0.2, 0.25) is 0 Å². The number of hydrogen-bond donors (Lipinski definition) is 1. The number of nitrogens with zero attached hydrogens (tertiary/aromatic N) is 1. The van der Waals surface area contributed by atoms with Gasteiger partial charge in [-0.1, -0.05) is 11.6 Å². The molecule has 20 heavy (non-hydrogen) atoms. The number of methoxy groups -OCH3 is 1. The first-order valence-corrected chi connectivity index (χ1v) is 8.36. The fourth-order valence-corrected chi connectivity index (χ4v) is 3.92. The Morgan fingerprint density at radius 2 is 2.05 bits per heavy atom. The van der Waals surface area contributed by atoms with Gasteiger partial charge in [0.05, 0.1) is 12.8 Å². The van der Waals surface area contributed by atoms with E-state index in [4.69, 9.17) is 16.3 Å². The number of aromatic nitrogens is 1. The molecule has 8 heteroatoms. The third kappa shape index (κ3) is 3.05. The second-order valence-corrected chi connectivity index (χ2v) is 7.07. The Balaban J connectivity index is 2.46. The summed E-state index contributed by atoms with van der Waals surface area (Å²) in [5.74, 6) is 0.243. The largest absolute Gasteiger partial charge is 0.495 e. The minimum Gasteiger partial charge on any atom is -0.495 e. The maximum Gasteiger partial charge on any atom is 0.267 e. The van der Waals surface area contributed by atoms with E-state index in [2.05, 4.69) is 9.71 Å². The minimum atomic E-state index is -3.79. The summed E-state index contributed by atoms with van der Waals surface area (Å²) >= 11 is 7.21. The van der Waals surface area contributed by atoms with E-state index in [1.807, 2.05) is 0 Å². The van der Waals surface area contributed by atoms with Gasteiger partial charge in [0.15, 0.2) is 5.13 Å². The molecule has 0 aliphatic rings. The average molecular weight is 333 g/mol. The lowest BCUT2D eigenvalue weighted by Gasteiger charge is -2.11. The van der Waals surface area contributed by atoms with E-state index in [1.54, 1.807) is 25.3 Å². The van der Waals surface area contributed by atoms with Gasteiger partial charge in [-0.25, -0.2) is 13.4 Å². The first-order valence-electron chi connectivity index (χ1n) is 5.62. The molecule has 0 spiro atoms. The molecule has 2 aromatic rings. The Morgan fingerprint density at radius 3 is 2.60 bits per heavy atom. The molecule has 0 aliphatic heterocycles. The van der Waals surface area contributed by atoms with Crippen molar-refractivity contribution < 1.29 is 13.2 Å². The smallest absolute Gasteiger partial charge is 0.267 e. The van der Waals surface area contributed by atoms with E-state index in [0.29, 0.717) is 10.2 Å². The van der Waals surface area contributed by atoms with Crippen molar-refractivity contribution in [1.82, 2.24) is 4.98 Å². The van der Waals surface area contributed by atoms with E-state index < -0.39 is 10.0 Å². The molecule has 108 valence electrons. The molecule has 0 unspecified atom stereocenters. The number of halogens is 1. The van der Waals surface area contributed by atoms with Gasteiger partial charge in [-0.05, 0) is 31.5 Å². The second kappa shape index (κ2) is 5.59. The molecular weight excluding hydrogens is 320 g/mol. The van der Waals surface area contributed by atoms with Gasteiger partial charge in [0.25, 0.3) is 10.0 Å². The molecule has 0 amide bonds. The van der Waals surface area contributed by atoms with E-state index >= 15 is 0 Å². The zero-order valence-electron chi connectivity index (χ0n) is 11.1. The van der Waals surface area contributed by atoms with Crippen molar-refractivity contribution in [3.8, 4) is 5.75 Å². The highest BCUT2D eigenvalue weighted by Gasteiger charge is 2.22. The summed E-state index contributed by atoms with van der Waals surface area (Å²) in [6.45, 7) is 3.57. The van der Waals surface area contributed by atoms with Gasteiger partial charge in [-0.2, -0.15) is 0 Å². The average Bonchev–Trinajstić information content (AvgIpc) is 2.76. The molecule has 1 aromatic heterocycles. The lowest BCUT2D eigenvalue weighted by molar-refractivity contribution is 0.402. The third-order valence-electron chi connectivity index (χ3n) is 2.58. The highest BCUT2D eigenvalue weighted by atomic mass is 35.5. The molecule has 1 aromatic carbocycles. The topological polar surface area (TPSA) is 68.3 Å². The Labute approximate surface area is 126 Å². The van der Waals surface area contributed by atoms with Crippen LogP contribution in [-0.2, 0) is 10.0 Å². The second-order valence-electron chi connectivity index (χ2n) is 4.15. The van der Waals surface area contributed by atoms with E-state index in [-0.39, 0.29) is 10.6 Å². The van der Waals surface area contributed by atoms with Crippen LogP contribution in [0, 0.1) is 13.8 Å². The molecule has 0 fully saturated rings. The van der Waals surface area contributed by atoms with Crippen LogP contribution in [-0.4, -0.2) is 20.5 Å². The van der Waals surface area contributed by atoms with Crippen molar-refractivity contribution in [3.05, 3.63) is 33.8 Å². The molecule has 0 saturated heterocycles.